The molecule has 0 unspecified atom stereocenters. The molecule has 0 atom stereocenters. The molecule has 0 saturated carbocycles. The van der Waals surface area contributed by atoms with Crippen LogP contribution in [0.25, 0.3) is 0 Å². The predicted octanol–water partition coefficient (Wildman–Crippen LogP) is 1.94. The van der Waals surface area contributed by atoms with Crippen LogP contribution in [0.5, 0.6) is 5.75 Å². The maximum Gasteiger partial charge on any atom is 0.317 e. The number of piperazine rings is 1. The highest BCUT2D eigenvalue weighted by molar-refractivity contribution is 5.74. The summed E-state index contributed by atoms with van der Waals surface area (Å²) in [5.41, 5.74) is 1.10. The third kappa shape index (κ3) is 3.35. The zero-order chi connectivity index (χ0) is 14.4. The maximum absolute atomic E-state index is 11.9. The van der Waals surface area contributed by atoms with E-state index >= 15 is 0 Å². The molecule has 0 radical (unpaired) electrons. The molecule has 0 aliphatic carbocycles. The van der Waals surface area contributed by atoms with Gasteiger partial charge in [0.2, 0.25) is 0 Å². The Morgan fingerprint density at radius 2 is 1.95 bits per heavy atom. The first-order valence-corrected chi connectivity index (χ1v) is 7.17. The van der Waals surface area contributed by atoms with E-state index in [9.17, 15) is 4.79 Å². The minimum Gasteiger partial charge on any atom is -0.495 e. The van der Waals surface area contributed by atoms with Crippen molar-refractivity contribution in [3.05, 3.63) is 24.3 Å². The number of urea groups is 1. The van der Waals surface area contributed by atoms with Gasteiger partial charge >= 0.3 is 6.03 Å². The van der Waals surface area contributed by atoms with Gasteiger partial charge in [0, 0.05) is 32.7 Å². The Hall–Kier alpha value is -1.91. The summed E-state index contributed by atoms with van der Waals surface area (Å²) >= 11 is 0. The second kappa shape index (κ2) is 7.03. The van der Waals surface area contributed by atoms with Gasteiger partial charge in [-0.1, -0.05) is 19.1 Å². The van der Waals surface area contributed by atoms with Gasteiger partial charge in [0.1, 0.15) is 5.75 Å². The normalized spacial score (nSPS) is 15.1. The zero-order valence-electron chi connectivity index (χ0n) is 12.3. The first-order valence-electron chi connectivity index (χ1n) is 7.17. The third-order valence-corrected chi connectivity index (χ3v) is 3.52. The molecule has 0 bridgehead atoms. The number of ether oxygens (including phenoxy) is 1. The molecule has 1 fully saturated rings. The van der Waals surface area contributed by atoms with Gasteiger partial charge in [-0.15, -0.1) is 0 Å². The number of benzene rings is 1. The molecule has 1 aromatic carbocycles. The largest absolute Gasteiger partial charge is 0.495 e. The Morgan fingerprint density at radius 3 is 2.60 bits per heavy atom. The van der Waals surface area contributed by atoms with Gasteiger partial charge in [-0.05, 0) is 18.6 Å². The number of amides is 2. The lowest BCUT2D eigenvalue weighted by atomic mass is 10.2. The average molecular weight is 277 g/mol. The van der Waals surface area contributed by atoms with Crippen LogP contribution in [0.4, 0.5) is 10.5 Å². The van der Waals surface area contributed by atoms with Crippen LogP contribution in [-0.2, 0) is 0 Å². The summed E-state index contributed by atoms with van der Waals surface area (Å²) in [6.07, 6.45) is 0.965. The second-order valence-corrected chi connectivity index (χ2v) is 4.88. The Balaban J connectivity index is 1.92. The van der Waals surface area contributed by atoms with Crippen molar-refractivity contribution in [1.82, 2.24) is 10.2 Å². The molecule has 1 aromatic rings. The van der Waals surface area contributed by atoms with Crippen LogP contribution in [-0.4, -0.2) is 50.8 Å². The minimum absolute atomic E-state index is 0.0477. The monoisotopic (exact) mass is 277 g/mol. The van der Waals surface area contributed by atoms with E-state index in [1.807, 2.05) is 23.1 Å². The van der Waals surface area contributed by atoms with Crippen molar-refractivity contribution in [1.29, 1.82) is 0 Å². The molecule has 1 saturated heterocycles. The fourth-order valence-electron chi connectivity index (χ4n) is 2.39. The molecule has 5 heteroatoms. The van der Waals surface area contributed by atoms with E-state index in [0.29, 0.717) is 0 Å². The molecule has 0 spiro atoms. The molecule has 20 heavy (non-hydrogen) atoms. The van der Waals surface area contributed by atoms with E-state index in [1.165, 1.54) is 0 Å². The summed E-state index contributed by atoms with van der Waals surface area (Å²) in [5, 5.41) is 2.92. The zero-order valence-corrected chi connectivity index (χ0v) is 12.3. The van der Waals surface area contributed by atoms with E-state index in [-0.39, 0.29) is 6.03 Å². The van der Waals surface area contributed by atoms with Crippen LogP contribution in [0, 0.1) is 0 Å². The Kier molecular flexibility index (Phi) is 5.09. The summed E-state index contributed by atoms with van der Waals surface area (Å²) in [6, 6.07) is 8.06. The number of carbonyl (C=O) groups excluding carboxylic acids is 1. The van der Waals surface area contributed by atoms with Crippen molar-refractivity contribution < 1.29 is 9.53 Å². The highest BCUT2D eigenvalue weighted by Gasteiger charge is 2.22. The third-order valence-electron chi connectivity index (χ3n) is 3.52. The molecule has 1 aliphatic heterocycles. The van der Waals surface area contributed by atoms with Crippen molar-refractivity contribution >= 4 is 11.7 Å². The number of hydrogen-bond donors (Lipinski definition) is 1. The molecular formula is C15H23N3O2. The molecule has 1 heterocycles. The van der Waals surface area contributed by atoms with Crippen LogP contribution in [0.1, 0.15) is 13.3 Å². The van der Waals surface area contributed by atoms with E-state index < -0.39 is 0 Å². The van der Waals surface area contributed by atoms with Crippen LogP contribution in [0.15, 0.2) is 24.3 Å². The standard InChI is InChI=1S/C15H23N3O2/c1-3-8-16-15(19)18-11-9-17(10-12-18)13-6-4-5-7-14(13)20-2/h4-7H,3,8-12H2,1-2H3,(H,16,19). The van der Waals surface area contributed by atoms with Gasteiger partial charge in [-0.3, -0.25) is 0 Å². The van der Waals surface area contributed by atoms with Gasteiger partial charge in [0.05, 0.1) is 12.8 Å². The number of rotatable bonds is 4. The van der Waals surface area contributed by atoms with E-state index in [1.54, 1.807) is 7.11 Å². The summed E-state index contributed by atoms with van der Waals surface area (Å²) < 4.78 is 5.39. The smallest absolute Gasteiger partial charge is 0.317 e. The fourth-order valence-corrected chi connectivity index (χ4v) is 2.39. The van der Waals surface area contributed by atoms with Gasteiger partial charge in [0.15, 0.2) is 0 Å². The number of nitrogens with one attached hydrogen (secondary N) is 1. The molecule has 5 nitrogen and oxygen atoms in total. The Bertz CT molecular complexity index is 442. The van der Waals surface area contributed by atoms with Crippen molar-refractivity contribution in [3.8, 4) is 5.75 Å². The summed E-state index contributed by atoms with van der Waals surface area (Å²) in [7, 11) is 1.69. The van der Waals surface area contributed by atoms with Gasteiger partial charge in [-0.25, -0.2) is 4.79 Å². The lowest BCUT2D eigenvalue weighted by Gasteiger charge is -2.36. The molecule has 2 rings (SSSR count). The Labute approximate surface area is 120 Å². The van der Waals surface area contributed by atoms with Crippen LogP contribution in [0.3, 0.4) is 0 Å². The van der Waals surface area contributed by atoms with Gasteiger partial charge in [-0.2, -0.15) is 0 Å². The van der Waals surface area contributed by atoms with Crippen LogP contribution in [0.2, 0.25) is 0 Å². The second-order valence-electron chi connectivity index (χ2n) is 4.88. The molecule has 0 aromatic heterocycles. The Morgan fingerprint density at radius 1 is 1.25 bits per heavy atom. The number of para-hydroxylation sites is 2. The van der Waals surface area contributed by atoms with Crippen molar-refractivity contribution in [3.63, 3.8) is 0 Å². The molecule has 2 amide bonds. The summed E-state index contributed by atoms with van der Waals surface area (Å²) in [5.74, 6) is 0.886. The highest BCUT2D eigenvalue weighted by Crippen LogP contribution is 2.28. The summed E-state index contributed by atoms with van der Waals surface area (Å²) in [4.78, 5) is 16.0. The fraction of sp³-hybridized carbons (Fsp3) is 0.533. The summed E-state index contributed by atoms with van der Waals surface area (Å²) in [6.45, 7) is 5.95. The molecule has 1 N–H and O–H groups in total. The van der Waals surface area contributed by atoms with Crippen LogP contribution < -0.4 is 15.0 Å². The number of methoxy groups -OCH3 is 1. The van der Waals surface area contributed by atoms with Crippen molar-refractivity contribution in [2.45, 2.75) is 13.3 Å². The highest BCUT2D eigenvalue weighted by atomic mass is 16.5. The van der Waals surface area contributed by atoms with E-state index in [0.717, 1.165) is 50.6 Å². The lowest BCUT2D eigenvalue weighted by molar-refractivity contribution is 0.194. The maximum atomic E-state index is 11.9. The number of anilines is 1. The van der Waals surface area contributed by atoms with E-state index in [4.69, 9.17) is 4.74 Å². The molecular weight excluding hydrogens is 254 g/mol. The van der Waals surface area contributed by atoms with Crippen molar-refractivity contribution in [2.75, 3.05) is 44.7 Å². The average Bonchev–Trinajstić information content (AvgIpc) is 2.52. The van der Waals surface area contributed by atoms with Crippen LogP contribution >= 0.6 is 0 Å². The molecule has 1 aliphatic rings. The first-order chi connectivity index (χ1) is 9.76. The topological polar surface area (TPSA) is 44.8 Å². The predicted molar refractivity (Wildman–Crippen MR) is 80.5 cm³/mol. The SMILES string of the molecule is CCCNC(=O)N1CCN(c2ccccc2OC)CC1. The number of nitrogens with zero attached hydrogens (tertiary/aromatic N) is 2. The van der Waals surface area contributed by atoms with Crippen molar-refractivity contribution in [2.24, 2.45) is 0 Å². The van der Waals surface area contributed by atoms with Gasteiger partial charge < -0.3 is 19.9 Å². The quantitative estimate of drug-likeness (QED) is 0.914. The molecule has 110 valence electrons. The number of carbonyl (C=O) groups is 1. The van der Waals surface area contributed by atoms with E-state index in [2.05, 4.69) is 23.2 Å². The first kappa shape index (κ1) is 14.5. The van der Waals surface area contributed by atoms with Gasteiger partial charge in [0.25, 0.3) is 0 Å². The lowest BCUT2D eigenvalue weighted by Crippen LogP contribution is -2.52. The minimum atomic E-state index is 0.0477. The number of hydrogen-bond acceptors (Lipinski definition) is 3.